The molecule has 0 saturated carbocycles. The van der Waals surface area contributed by atoms with E-state index in [1.165, 1.54) is 0 Å². The Balaban J connectivity index is 2.91. The van der Waals surface area contributed by atoms with Crippen LogP contribution in [0.25, 0.3) is 0 Å². The van der Waals surface area contributed by atoms with Gasteiger partial charge in [0.05, 0.1) is 25.2 Å². The highest BCUT2D eigenvalue weighted by atomic mass is 31.2. The summed E-state index contributed by atoms with van der Waals surface area (Å²) in [4.78, 5) is 0. The molecule has 1 rings (SSSR count). The normalized spacial score (nSPS) is 19.2. The van der Waals surface area contributed by atoms with E-state index in [0.29, 0.717) is 12.3 Å². The Morgan fingerprint density at radius 1 is 1.21 bits per heavy atom. The van der Waals surface area contributed by atoms with E-state index in [1.807, 2.05) is 13.8 Å². The van der Waals surface area contributed by atoms with Crippen LogP contribution < -0.4 is 0 Å². The van der Waals surface area contributed by atoms with Gasteiger partial charge >= 0.3 is 5.66 Å². The third kappa shape index (κ3) is 1.86. The van der Waals surface area contributed by atoms with Gasteiger partial charge in [-0.2, -0.15) is 8.78 Å². The van der Waals surface area contributed by atoms with Crippen LogP contribution in [0.2, 0.25) is 0 Å². The Morgan fingerprint density at radius 2 is 1.64 bits per heavy atom. The van der Waals surface area contributed by atoms with E-state index >= 15 is 0 Å². The second-order valence-electron chi connectivity index (χ2n) is 4.11. The first-order chi connectivity index (χ1) is 6.48. The van der Waals surface area contributed by atoms with Crippen molar-refractivity contribution < 1.29 is 8.78 Å². The Bertz CT molecular complexity index is 206. The average Bonchev–Trinajstić information content (AvgIpc) is 2.58. The van der Waals surface area contributed by atoms with Crippen molar-refractivity contribution in [2.75, 3.05) is 12.3 Å². The van der Waals surface area contributed by atoms with Gasteiger partial charge in [0.2, 0.25) is 0 Å². The molecule has 0 unspecified atom stereocenters. The Morgan fingerprint density at radius 3 is 1.93 bits per heavy atom. The smallest absolute Gasteiger partial charge is 0.167 e. The minimum absolute atomic E-state index is 0.248. The first kappa shape index (κ1) is 12.1. The second-order valence-corrected chi connectivity index (χ2v) is 8.95. The van der Waals surface area contributed by atoms with E-state index in [0.717, 1.165) is 19.8 Å². The number of allylic oxidation sites excluding steroid dienone is 2. The summed E-state index contributed by atoms with van der Waals surface area (Å²) >= 11 is 0. The van der Waals surface area contributed by atoms with Crippen molar-refractivity contribution in [1.82, 2.24) is 0 Å². The zero-order valence-corrected chi connectivity index (χ0v) is 10.2. The zero-order chi connectivity index (χ0) is 10.8. The molecule has 0 spiro atoms. The van der Waals surface area contributed by atoms with E-state index in [4.69, 9.17) is 0 Å². The molecule has 0 radical (unpaired) electrons. The van der Waals surface area contributed by atoms with Crippen LogP contribution in [0.5, 0.6) is 0 Å². The number of rotatable bonds is 4. The number of alkyl halides is 2. The van der Waals surface area contributed by atoms with Gasteiger partial charge in [0, 0.05) is 19.8 Å². The molecule has 0 bridgehead atoms. The van der Waals surface area contributed by atoms with Gasteiger partial charge in [-0.3, -0.25) is 0 Å². The van der Waals surface area contributed by atoms with Crippen LogP contribution in [0.1, 0.15) is 33.6 Å². The van der Waals surface area contributed by atoms with Crippen molar-refractivity contribution in [1.29, 1.82) is 0 Å². The van der Waals surface area contributed by atoms with Gasteiger partial charge in [0.1, 0.15) is 0 Å². The summed E-state index contributed by atoms with van der Waals surface area (Å²) in [6, 6.07) is 0. The highest BCUT2D eigenvalue weighted by molar-refractivity contribution is 7.77. The fraction of sp³-hybridized carbons (Fsp3) is 0.818. The highest BCUT2D eigenvalue weighted by Gasteiger charge is 2.59. The van der Waals surface area contributed by atoms with E-state index in [2.05, 4.69) is 12.2 Å². The fourth-order valence-electron chi connectivity index (χ4n) is 2.62. The quantitative estimate of drug-likeness (QED) is 0.488. The number of halogens is 2. The van der Waals surface area contributed by atoms with E-state index in [9.17, 15) is 8.78 Å². The molecule has 0 fully saturated rings. The van der Waals surface area contributed by atoms with Crippen LogP contribution in [0, 0.1) is 0 Å². The topological polar surface area (TPSA) is 0 Å². The SMILES string of the molecule is CC[P+](CC)(C1CC=CC1)C(C)(F)F. The van der Waals surface area contributed by atoms with Gasteiger partial charge in [0.15, 0.2) is 0 Å². The first-order valence-corrected chi connectivity index (χ1v) is 7.60. The zero-order valence-electron chi connectivity index (χ0n) is 9.26. The van der Waals surface area contributed by atoms with Crippen molar-refractivity contribution >= 4 is 7.26 Å². The molecule has 0 aromatic rings. The molecule has 0 heterocycles. The summed E-state index contributed by atoms with van der Waals surface area (Å²) in [6.45, 7) is 5.01. The molecule has 0 amide bonds. The average molecular weight is 221 g/mol. The van der Waals surface area contributed by atoms with E-state index in [1.54, 1.807) is 0 Å². The lowest BCUT2D eigenvalue weighted by atomic mass is 10.3. The molecule has 0 nitrogen and oxygen atoms in total. The van der Waals surface area contributed by atoms with Crippen LogP contribution in [0.3, 0.4) is 0 Å². The predicted octanol–water partition coefficient (Wildman–Crippen LogP) is 4.38. The Hall–Kier alpha value is 0.0300. The Labute approximate surface area is 86.1 Å². The van der Waals surface area contributed by atoms with E-state index in [-0.39, 0.29) is 5.66 Å². The predicted molar refractivity (Wildman–Crippen MR) is 60.8 cm³/mol. The second kappa shape index (κ2) is 4.26. The highest BCUT2D eigenvalue weighted by Crippen LogP contribution is 2.75. The Kier molecular flexibility index (Phi) is 3.69. The molecule has 1 aliphatic carbocycles. The third-order valence-electron chi connectivity index (χ3n) is 3.59. The molecule has 0 saturated heterocycles. The van der Waals surface area contributed by atoms with Gasteiger partial charge in [0.25, 0.3) is 0 Å². The molecule has 14 heavy (non-hydrogen) atoms. The minimum atomic E-state index is -2.45. The summed E-state index contributed by atoms with van der Waals surface area (Å²) in [5.74, 6) is 0. The van der Waals surface area contributed by atoms with Gasteiger partial charge in [-0.1, -0.05) is 12.2 Å². The fourth-order valence-corrected chi connectivity index (χ4v) is 6.90. The van der Waals surface area contributed by atoms with E-state index < -0.39 is 12.9 Å². The molecule has 0 aromatic carbocycles. The summed E-state index contributed by atoms with van der Waals surface area (Å²) in [5.41, 5.74) is -2.20. The molecule has 1 aliphatic rings. The number of hydrogen-bond acceptors (Lipinski definition) is 0. The van der Waals surface area contributed by atoms with Crippen LogP contribution in [0.15, 0.2) is 12.2 Å². The van der Waals surface area contributed by atoms with Crippen LogP contribution in [0.4, 0.5) is 8.78 Å². The maximum absolute atomic E-state index is 13.7. The molecule has 0 aliphatic heterocycles. The van der Waals surface area contributed by atoms with Crippen LogP contribution in [-0.4, -0.2) is 23.6 Å². The lowest BCUT2D eigenvalue weighted by molar-refractivity contribution is 0.115. The van der Waals surface area contributed by atoms with Crippen molar-refractivity contribution in [3.63, 3.8) is 0 Å². The van der Waals surface area contributed by atoms with Crippen molar-refractivity contribution in [2.45, 2.75) is 44.9 Å². The summed E-state index contributed by atoms with van der Waals surface area (Å²) in [6.07, 6.45) is 7.24. The van der Waals surface area contributed by atoms with Crippen molar-refractivity contribution in [3.8, 4) is 0 Å². The molecular formula is C11H20F2P+. The van der Waals surface area contributed by atoms with Gasteiger partial charge in [-0.05, 0) is 13.8 Å². The summed E-state index contributed by atoms with van der Waals surface area (Å²) < 4.78 is 27.4. The largest absolute Gasteiger partial charge is 0.351 e. The summed E-state index contributed by atoms with van der Waals surface area (Å²) in [5, 5.41) is 0. The van der Waals surface area contributed by atoms with Crippen LogP contribution in [-0.2, 0) is 0 Å². The van der Waals surface area contributed by atoms with Gasteiger partial charge in [-0.25, -0.2) is 0 Å². The third-order valence-corrected chi connectivity index (χ3v) is 9.23. The van der Waals surface area contributed by atoms with Crippen LogP contribution >= 0.6 is 7.26 Å². The molecular weight excluding hydrogens is 201 g/mol. The monoisotopic (exact) mass is 221 g/mol. The van der Waals surface area contributed by atoms with Gasteiger partial charge < -0.3 is 0 Å². The summed E-state index contributed by atoms with van der Waals surface area (Å²) in [7, 11) is -2.09. The molecule has 3 heteroatoms. The molecule has 0 N–H and O–H groups in total. The molecule has 82 valence electrons. The van der Waals surface area contributed by atoms with Gasteiger partial charge in [-0.15, -0.1) is 0 Å². The maximum atomic E-state index is 13.7. The maximum Gasteiger partial charge on any atom is 0.351 e. The lowest BCUT2D eigenvalue weighted by Crippen LogP contribution is -2.29. The van der Waals surface area contributed by atoms with Crippen molar-refractivity contribution in [2.24, 2.45) is 0 Å². The number of hydrogen-bond donors (Lipinski definition) is 0. The standard InChI is InChI=1S/C11H20F2P/c1-4-14(5-2,11(3,12)13)10-8-6-7-9-10/h6-7,10H,4-5,8-9H2,1-3H3/q+1. The molecule has 0 aromatic heterocycles. The van der Waals surface area contributed by atoms with Crippen molar-refractivity contribution in [3.05, 3.63) is 12.2 Å². The minimum Gasteiger partial charge on any atom is -0.167 e. The lowest BCUT2D eigenvalue weighted by Gasteiger charge is -2.35. The molecule has 0 atom stereocenters. The first-order valence-electron chi connectivity index (χ1n) is 5.37.